The van der Waals surface area contributed by atoms with Gasteiger partial charge in [0.15, 0.2) is 0 Å². The molecule has 0 fully saturated rings. The number of anilines is 1. The zero-order valence-electron chi connectivity index (χ0n) is 12.9. The molecule has 1 unspecified atom stereocenters. The van der Waals surface area contributed by atoms with Crippen LogP contribution in [-0.4, -0.2) is 30.0 Å². The number of hydrogen-bond acceptors (Lipinski definition) is 4. The summed E-state index contributed by atoms with van der Waals surface area (Å²) in [6, 6.07) is 12.9. The quantitative estimate of drug-likeness (QED) is 0.640. The SMILES string of the molecule is CS/C(=C\C(=O)c1ccccn1)C1C(=O)N(C)c2ccccc21. The van der Waals surface area contributed by atoms with E-state index in [1.165, 1.54) is 17.8 Å². The summed E-state index contributed by atoms with van der Waals surface area (Å²) in [4.78, 5) is 31.5. The summed E-state index contributed by atoms with van der Waals surface area (Å²) in [6.07, 6.45) is 5.00. The summed E-state index contributed by atoms with van der Waals surface area (Å²) >= 11 is 1.42. The van der Waals surface area contributed by atoms with Crippen LogP contribution in [-0.2, 0) is 4.79 Å². The molecule has 2 heterocycles. The lowest BCUT2D eigenvalue weighted by molar-refractivity contribution is -0.118. The van der Waals surface area contributed by atoms with Crippen molar-refractivity contribution in [1.82, 2.24) is 4.98 Å². The molecule has 1 aromatic heterocycles. The molecular weight excluding hydrogens is 308 g/mol. The van der Waals surface area contributed by atoms with Gasteiger partial charge in [-0.25, -0.2) is 0 Å². The van der Waals surface area contributed by atoms with Crippen molar-refractivity contribution in [2.45, 2.75) is 5.92 Å². The fourth-order valence-electron chi connectivity index (χ4n) is 2.73. The molecule has 1 atom stereocenters. The number of nitrogens with zero attached hydrogens (tertiary/aromatic N) is 2. The molecule has 1 amide bonds. The first-order valence-corrected chi connectivity index (χ1v) is 8.43. The maximum Gasteiger partial charge on any atom is 0.239 e. The molecule has 1 aliphatic rings. The van der Waals surface area contributed by atoms with E-state index in [9.17, 15) is 9.59 Å². The molecule has 0 saturated heterocycles. The molecular formula is C18H16N2O2S. The number of hydrogen-bond donors (Lipinski definition) is 0. The Morgan fingerprint density at radius 2 is 1.96 bits per heavy atom. The van der Waals surface area contributed by atoms with E-state index in [1.54, 1.807) is 36.3 Å². The number of para-hydroxylation sites is 1. The second-order valence-electron chi connectivity index (χ2n) is 5.22. The van der Waals surface area contributed by atoms with E-state index < -0.39 is 5.92 Å². The van der Waals surface area contributed by atoms with Gasteiger partial charge >= 0.3 is 0 Å². The molecule has 0 aliphatic carbocycles. The summed E-state index contributed by atoms with van der Waals surface area (Å²) in [7, 11) is 1.76. The van der Waals surface area contributed by atoms with E-state index in [1.807, 2.05) is 30.5 Å². The largest absolute Gasteiger partial charge is 0.314 e. The predicted molar refractivity (Wildman–Crippen MR) is 92.8 cm³/mol. The molecule has 2 aromatic rings. The lowest BCUT2D eigenvalue weighted by atomic mass is 9.99. The van der Waals surface area contributed by atoms with Gasteiger partial charge in [-0.2, -0.15) is 0 Å². The third-order valence-corrected chi connectivity index (χ3v) is 4.72. The first-order valence-electron chi connectivity index (χ1n) is 7.21. The molecule has 0 bridgehead atoms. The summed E-state index contributed by atoms with van der Waals surface area (Å²) in [5, 5.41) is 0. The van der Waals surface area contributed by atoms with Crippen molar-refractivity contribution in [1.29, 1.82) is 0 Å². The number of benzene rings is 1. The van der Waals surface area contributed by atoms with Crippen LogP contribution in [0.25, 0.3) is 0 Å². The number of likely N-dealkylation sites (N-methyl/N-ethyl adjacent to an activating group) is 1. The Kier molecular flexibility index (Phi) is 4.30. The van der Waals surface area contributed by atoms with E-state index in [2.05, 4.69) is 4.98 Å². The Balaban J connectivity index is 2.00. The lowest BCUT2D eigenvalue weighted by Crippen LogP contribution is -2.24. The fraction of sp³-hybridized carbons (Fsp3) is 0.167. The van der Waals surface area contributed by atoms with Gasteiger partial charge in [-0.1, -0.05) is 24.3 Å². The van der Waals surface area contributed by atoms with Crippen LogP contribution in [0, 0.1) is 0 Å². The van der Waals surface area contributed by atoms with E-state index in [0.29, 0.717) is 5.69 Å². The minimum absolute atomic E-state index is 0.0133. The number of carbonyl (C=O) groups excluding carboxylic acids is 2. The highest BCUT2D eigenvalue weighted by Gasteiger charge is 2.37. The Bertz CT molecular complexity index is 787. The number of thioether (sulfide) groups is 1. The number of amides is 1. The van der Waals surface area contributed by atoms with Crippen molar-refractivity contribution < 1.29 is 9.59 Å². The second-order valence-corrected chi connectivity index (χ2v) is 6.10. The van der Waals surface area contributed by atoms with Crippen LogP contribution in [0.5, 0.6) is 0 Å². The number of carbonyl (C=O) groups is 2. The Labute approximate surface area is 139 Å². The van der Waals surface area contributed by atoms with Crippen LogP contribution in [0.4, 0.5) is 5.69 Å². The molecule has 1 aromatic carbocycles. The maximum absolute atomic E-state index is 12.6. The summed E-state index contributed by atoms with van der Waals surface area (Å²) in [5.41, 5.74) is 2.22. The zero-order chi connectivity index (χ0) is 16.4. The number of ketones is 1. The van der Waals surface area contributed by atoms with Crippen LogP contribution in [0.3, 0.4) is 0 Å². The Morgan fingerprint density at radius 3 is 2.65 bits per heavy atom. The summed E-state index contributed by atoms with van der Waals surface area (Å²) < 4.78 is 0. The van der Waals surface area contributed by atoms with Crippen molar-refractivity contribution in [2.24, 2.45) is 0 Å². The second kappa shape index (κ2) is 6.38. The number of allylic oxidation sites excluding steroid dienone is 1. The Morgan fingerprint density at radius 1 is 1.22 bits per heavy atom. The minimum Gasteiger partial charge on any atom is -0.314 e. The Hall–Kier alpha value is -2.40. The predicted octanol–water partition coefficient (Wildman–Crippen LogP) is 3.27. The van der Waals surface area contributed by atoms with Crippen molar-refractivity contribution in [2.75, 3.05) is 18.2 Å². The van der Waals surface area contributed by atoms with E-state index in [0.717, 1.165) is 16.2 Å². The molecule has 0 saturated carbocycles. The van der Waals surface area contributed by atoms with Crippen LogP contribution in [0.1, 0.15) is 22.0 Å². The standard InChI is InChI=1S/C18H16N2O2S/c1-20-14-9-4-3-7-12(14)17(18(20)22)16(23-2)11-15(21)13-8-5-6-10-19-13/h3-11,17H,1-2H3/b16-11-. The number of pyridine rings is 1. The van der Waals surface area contributed by atoms with Gasteiger partial charge in [0.1, 0.15) is 5.69 Å². The van der Waals surface area contributed by atoms with Gasteiger partial charge in [-0.05, 0) is 36.1 Å². The molecule has 0 spiro atoms. The molecule has 3 rings (SSSR count). The minimum atomic E-state index is -0.418. The van der Waals surface area contributed by atoms with Gasteiger partial charge in [0.25, 0.3) is 0 Å². The number of aromatic nitrogens is 1. The first kappa shape index (κ1) is 15.5. The average Bonchev–Trinajstić information content (AvgIpc) is 2.85. The smallest absolute Gasteiger partial charge is 0.239 e. The molecule has 5 heteroatoms. The number of rotatable bonds is 4. The number of fused-ring (bicyclic) bond motifs is 1. The third kappa shape index (κ3) is 2.80. The van der Waals surface area contributed by atoms with Gasteiger partial charge in [0, 0.05) is 23.8 Å². The third-order valence-electron chi connectivity index (χ3n) is 3.90. The van der Waals surface area contributed by atoms with Crippen LogP contribution in [0.2, 0.25) is 0 Å². The summed E-state index contributed by atoms with van der Waals surface area (Å²) in [5.74, 6) is -0.616. The molecule has 23 heavy (non-hydrogen) atoms. The van der Waals surface area contributed by atoms with E-state index in [-0.39, 0.29) is 11.7 Å². The van der Waals surface area contributed by atoms with Gasteiger partial charge in [0.05, 0.1) is 5.92 Å². The van der Waals surface area contributed by atoms with Crippen LogP contribution < -0.4 is 4.90 Å². The topological polar surface area (TPSA) is 50.3 Å². The fourth-order valence-corrected chi connectivity index (χ4v) is 3.42. The monoisotopic (exact) mass is 324 g/mol. The maximum atomic E-state index is 12.6. The molecule has 4 nitrogen and oxygen atoms in total. The van der Waals surface area contributed by atoms with Crippen molar-refractivity contribution >= 4 is 29.1 Å². The lowest BCUT2D eigenvalue weighted by Gasteiger charge is -2.13. The molecule has 116 valence electrons. The molecule has 0 radical (unpaired) electrons. The van der Waals surface area contributed by atoms with Crippen LogP contribution in [0.15, 0.2) is 59.6 Å². The van der Waals surface area contributed by atoms with Gasteiger partial charge in [-0.15, -0.1) is 11.8 Å². The van der Waals surface area contributed by atoms with Crippen LogP contribution >= 0.6 is 11.8 Å². The normalized spacial score (nSPS) is 17.3. The summed E-state index contributed by atoms with van der Waals surface area (Å²) in [6.45, 7) is 0. The highest BCUT2D eigenvalue weighted by atomic mass is 32.2. The average molecular weight is 324 g/mol. The molecule has 1 aliphatic heterocycles. The molecule has 0 N–H and O–H groups in total. The first-order chi connectivity index (χ1) is 11.1. The van der Waals surface area contributed by atoms with Gasteiger partial charge in [-0.3, -0.25) is 14.6 Å². The highest BCUT2D eigenvalue weighted by molar-refractivity contribution is 8.02. The van der Waals surface area contributed by atoms with Gasteiger partial charge < -0.3 is 4.90 Å². The van der Waals surface area contributed by atoms with Crippen molar-refractivity contribution in [3.63, 3.8) is 0 Å². The van der Waals surface area contributed by atoms with E-state index in [4.69, 9.17) is 0 Å². The highest BCUT2D eigenvalue weighted by Crippen LogP contribution is 2.43. The van der Waals surface area contributed by atoms with Crippen molar-refractivity contribution in [3.05, 3.63) is 70.9 Å². The zero-order valence-corrected chi connectivity index (χ0v) is 13.7. The van der Waals surface area contributed by atoms with E-state index >= 15 is 0 Å². The van der Waals surface area contributed by atoms with Crippen molar-refractivity contribution in [3.8, 4) is 0 Å². The van der Waals surface area contributed by atoms with Gasteiger partial charge in [0.2, 0.25) is 11.7 Å².